The Hall–Kier alpha value is -3.92. The molecule has 0 bridgehead atoms. The summed E-state index contributed by atoms with van der Waals surface area (Å²) in [7, 11) is -2.72. The average Bonchev–Trinajstić information content (AvgIpc) is 2.96. The van der Waals surface area contributed by atoms with Crippen LogP contribution >= 0.6 is 0 Å². The number of unbranched alkanes of at least 4 members (excludes halogenated alkanes) is 1. The summed E-state index contributed by atoms with van der Waals surface area (Å²) in [5.41, 5.74) is 0.988. The van der Waals surface area contributed by atoms with Crippen molar-refractivity contribution < 1.29 is 27.1 Å². The molecule has 3 aromatic rings. The number of nitrogens with one attached hydrogen (secondary N) is 1. The molecule has 214 valence electrons. The van der Waals surface area contributed by atoms with Crippen molar-refractivity contribution in [1.29, 1.82) is 0 Å². The average molecular weight is 570 g/mol. The molecule has 0 heterocycles. The lowest BCUT2D eigenvalue weighted by Crippen LogP contribution is -2.52. The number of carbonyl (C=O) groups excluding carboxylic acids is 2. The number of rotatable bonds is 14. The zero-order valence-electron chi connectivity index (χ0n) is 23.0. The molecule has 0 saturated carbocycles. The summed E-state index contributed by atoms with van der Waals surface area (Å²) >= 11 is 0. The number of ether oxygens (including phenoxy) is 1. The molecule has 0 aliphatic rings. The Morgan fingerprint density at radius 1 is 0.975 bits per heavy atom. The summed E-state index contributed by atoms with van der Waals surface area (Å²) in [6, 6.07) is 19.0. The van der Waals surface area contributed by atoms with Gasteiger partial charge in [-0.2, -0.15) is 0 Å². The third-order valence-electron chi connectivity index (χ3n) is 6.43. The Morgan fingerprint density at radius 3 is 2.30 bits per heavy atom. The van der Waals surface area contributed by atoms with Crippen LogP contribution in [0.15, 0.2) is 83.8 Å². The second kappa shape index (κ2) is 14.5. The van der Waals surface area contributed by atoms with E-state index in [1.807, 2.05) is 13.0 Å². The SMILES string of the molecule is CCCCNC(=O)[C@H](CC)N(Cc1cccc(OC)c1)C(=O)CN(c1ccccc1)S(=O)(=O)c1ccc(F)cc1. The minimum Gasteiger partial charge on any atom is -0.497 e. The number of anilines is 1. The van der Waals surface area contributed by atoms with Crippen LogP contribution < -0.4 is 14.4 Å². The molecule has 1 N–H and O–H groups in total. The molecule has 10 heteroatoms. The van der Waals surface area contributed by atoms with Crippen LogP contribution in [0.2, 0.25) is 0 Å². The zero-order chi connectivity index (χ0) is 29.1. The minimum atomic E-state index is -4.25. The van der Waals surface area contributed by atoms with Gasteiger partial charge in [0.25, 0.3) is 10.0 Å². The summed E-state index contributed by atoms with van der Waals surface area (Å²) in [6.45, 7) is 3.80. The molecule has 0 aliphatic heterocycles. The topological polar surface area (TPSA) is 96.0 Å². The van der Waals surface area contributed by atoms with E-state index in [2.05, 4.69) is 5.32 Å². The third kappa shape index (κ3) is 7.81. The molecule has 40 heavy (non-hydrogen) atoms. The van der Waals surface area contributed by atoms with Gasteiger partial charge < -0.3 is 15.0 Å². The van der Waals surface area contributed by atoms with Crippen molar-refractivity contribution in [3.8, 4) is 5.75 Å². The number of amides is 2. The van der Waals surface area contributed by atoms with Gasteiger partial charge in [0.15, 0.2) is 0 Å². The van der Waals surface area contributed by atoms with Gasteiger partial charge in [-0.3, -0.25) is 13.9 Å². The van der Waals surface area contributed by atoms with Crippen LogP contribution in [0, 0.1) is 5.82 Å². The molecule has 2 amide bonds. The van der Waals surface area contributed by atoms with Gasteiger partial charge in [-0.25, -0.2) is 12.8 Å². The van der Waals surface area contributed by atoms with Crippen molar-refractivity contribution in [3.63, 3.8) is 0 Å². The first kappa shape index (κ1) is 30.6. The smallest absolute Gasteiger partial charge is 0.264 e. The van der Waals surface area contributed by atoms with E-state index in [4.69, 9.17) is 4.74 Å². The van der Waals surface area contributed by atoms with Gasteiger partial charge in [-0.1, -0.05) is 50.6 Å². The van der Waals surface area contributed by atoms with Crippen LogP contribution in [-0.2, 0) is 26.2 Å². The highest BCUT2D eigenvalue weighted by Gasteiger charge is 2.33. The van der Waals surface area contributed by atoms with E-state index >= 15 is 0 Å². The molecule has 8 nitrogen and oxygen atoms in total. The zero-order valence-corrected chi connectivity index (χ0v) is 23.9. The normalized spacial score (nSPS) is 11.9. The first-order valence-electron chi connectivity index (χ1n) is 13.2. The molecular formula is C30H36FN3O5S. The van der Waals surface area contributed by atoms with E-state index in [1.165, 1.54) is 12.0 Å². The van der Waals surface area contributed by atoms with Crippen LogP contribution in [0.5, 0.6) is 5.75 Å². The molecule has 0 fully saturated rings. The third-order valence-corrected chi connectivity index (χ3v) is 8.22. The summed E-state index contributed by atoms with van der Waals surface area (Å²) in [6.07, 6.45) is 2.02. The van der Waals surface area contributed by atoms with Crippen molar-refractivity contribution >= 4 is 27.5 Å². The van der Waals surface area contributed by atoms with E-state index in [9.17, 15) is 22.4 Å². The van der Waals surface area contributed by atoms with Gasteiger partial charge in [-0.05, 0) is 66.9 Å². The number of benzene rings is 3. The summed E-state index contributed by atoms with van der Waals surface area (Å²) in [5, 5.41) is 2.90. The van der Waals surface area contributed by atoms with Crippen LogP contribution in [0.25, 0.3) is 0 Å². The molecule has 3 aromatic carbocycles. The van der Waals surface area contributed by atoms with Crippen molar-refractivity contribution in [3.05, 3.63) is 90.2 Å². The highest BCUT2D eigenvalue weighted by atomic mass is 32.2. The van der Waals surface area contributed by atoms with Gasteiger partial charge in [0.1, 0.15) is 24.2 Å². The molecule has 0 radical (unpaired) electrons. The molecule has 0 saturated heterocycles. The lowest BCUT2D eigenvalue weighted by Gasteiger charge is -2.33. The lowest BCUT2D eigenvalue weighted by molar-refractivity contribution is -0.140. The number of sulfonamides is 1. The minimum absolute atomic E-state index is 0.0644. The molecule has 0 spiro atoms. The Bertz CT molecular complexity index is 1370. The Balaban J connectivity index is 2.01. The molecule has 0 aliphatic carbocycles. The molecule has 0 aromatic heterocycles. The number of para-hydroxylation sites is 1. The summed E-state index contributed by atoms with van der Waals surface area (Å²) in [5.74, 6) is -0.851. The first-order chi connectivity index (χ1) is 19.2. The van der Waals surface area contributed by atoms with Crippen LogP contribution in [0.1, 0.15) is 38.7 Å². The monoisotopic (exact) mass is 569 g/mol. The fourth-order valence-electron chi connectivity index (χ4n) is 4.25. The van der Waals surface area contributed by atoms with Gasteiger partial charge in [0.05, 0.1) is 17.7 Å². The number of hydrogen-bond acceptors (Lipinski definition) is 5. The largest absolute Gasteiger partial charge is 0.497 e. The van der Waals surface area contributed by atoms with E-state index in [1.54, 1.807) is 55.5 Å². The number of nitrogens with zero attached hydrogens (tertiary/aromatic N) is 2. The predicted octanol–water partition coefficient (Wildman–Crippen LogP) is 4.75. The number of methoxy groups -OCH3 is 1. The predicted molar refractivity (Wildman–Crippen MR) is 153 cm³/mol. The number of hydrogen-bond donors (Lipinski definition) is 1. The van der Waals surface area contributed by atoms with Gasteiger partial charge in [0, 0.05) is 13.1 Å². The van der Waals surface area contributed by atoms with Gasteiger partial charge in [-0.15, -0.1) is 0 Å². The second-order valence-electron chi connectivity index (χ2n) is 9.24. The maximum Gasteiger partial charge on any atom is 0.264 e. The van der Waals surface area contributed by atoms with Crippen LogP contribution in [0.3, 0.4) is 0 Å². The molecular weight excluding hydrogens is 533 g/mol. The standard InChI is InChI=1S/C30H36FN3O5S/c1-4-6-19-32-30(36)28(5-2)33(21-23-11-10-14-26(20-23)39-3)29(35)22-34(25-12-8-7-9-13-25)40(37,38)27-17-15-24(31)16-18-27/h7-18,20,28H,4-6,19,21-22H2,1-3H3,(H,32,36)/t28-/m0/s1. The molecule has 0 unspecified atom stereocenters. The Labute approximate surface area is 235 Å². The fraction of sp³-hybridized carbons (Fsp3) is 0.333. The summed E-state index contributed by atoms with van der Waals surface area (Å²) < 4.78 is 47.3. The van der Waals surface area contributed by atoms with Crippen LogP contribution in [-0.4, -0.2) is 51.4 Å². The number of halogens is 1. The fourth-order valence-corrected chi connectivity index (χ4v) is 5.66. The van der Waals surface area contributed by atoms with Crippen molar-refractivity contribution in [2.45, 2.75) is 50.6 Å². The summed E-state index contributed by atoms with van der Waals surface area (Å²) in [4.78, 5) is 28.5. The van der Waals surface area contributed by atoms with Gasteiger partial charge >= 0.3 is 0 Å². The quantitative estimate of drug-likeness (QED) is 0.283. The van der Waals surface area contributed by atoms with E-state index < -0.39 is 34.3 Å². The van der Waals surface area contributed by atoms with E-state index in [0.717, 1.165) is 47.0 Å². The van der Waals surface area contributed by atoms with Crippen molar-refractivity contribution in [2.75, 3.05) is 24.5 Å². The van der Waals surface area contributed by atoms with Crippen molar-refractivity contribution in [1.82, 2.24) is 10.2 Å². The molecule has 3 rings (SSSR count). The first-order valence-corrected chi connectivity index (χ1v) is 14.7. The Morgan fingerprint density at radius 2 is 1.68 bits per heavy atom. The Kier molecular flexibility index (Phi) is 11.1. The maximum atomic E-state index is 14.0. The van der Waals surface area contributed by atoms with E-state index in [0.29, 0.717) is 18.7 Å². The number of carbonyl (C=O) groups is 2. The second-order valence-corrected chi connectivity index (χ2v) is 11.1. The van der Waals surface area contributed by atoms with Crippen LogP contribution in [0.4, 0.5) is 10.1 Å². The highest BCUT2D eigenvalue weighted by molar-refractivity contribution is 7.92. The van der Waals surface area contributed by atoms with E-state index in [-0.39, 0.29) is 23.0 Å². The van der Waals surface area contributed by atoms with Gasteiger partial charge in [0.2, 0.25) is 11.8 Å². The molecule has 1 atom stereocenters. The maximum absolute atomic E-state index is 14.0. The highest BCUT2D eigenvalue weighted by Crippen LogP contribution is 2.25. The van der Waals surface area contributed by atoms with Crippen molar-refractivity contribution in [2.24, 2.45) is 0 Å². The lowest BCUT2D eigenvalue weighted by atomic mass is 10.1.